The third-order valence-electron chi connectivity index (χ3n) is 2.67. The van der Waals surface area contributed by atoms with Crippen LogP contribution < -0.4 is 10.0 Å². The average Bonchev–Trinajstić information content (AvgIpc) is 2.65. The van der Waals surface area contributed by atoms with Crippen LogP contribution >= 0.6 is 35.0 Å². The fraction of sp³-hybridized carbons (Fsp3) is 0.250. The molecule has 1 atom stereocenters. The molecular formula is C12H8Cl2NO4S-. The van der Waals surface area contributed by atoms with Gasteiger partial charge in [-0.1, -0.05) is 23.2 Å². The van der Waals surface area contributed by atoms with Gasteiger partial charge in [-0.25, -0.2) is 4.90 Å². The van der Waals surface area contributed by atoms with Crippen LogP contribution in [0.25, 0.3) is 0 Å². The van der Waals surface area contributed by atoms with Crippen molar-refractivity contribution in [1.82, 2.24) is 0 Å². The van der Waals surface area contributed by atoms with E-state index in [0.717, 1.165) is 16.7 Å². The molecule has 0 radical (unpaired) electrons. The fourth-order valence-electron chi connectivity index (χ4n) is 1.80. The Morgan fingerprint density at radius 3 is 2.65 bits per heavy atom. The summed E-state index contributed by atoms with van der Waals surface area (Å²) in [5.41, 5.74) is 0.325. The molecule has 20 heavy (non-hydrogen) atoms. The zero-order valence-corrected chi connectivity index (χ0v) is 12.3. The van der Waals surface area contributed by atoms with Gasteiger partial charge in [0.05, 0.1) is 27.0 Å². The molecule has 0 saturated carbocycles. The van der Waals surface area contributed by atoms with E-state index in [1.54, 1.807) is 0 Å². The standard InChI is InChI=1S/C12H9Cl2NO4S/c13-7-2-1-6(3-8(7)14)15-10(16)4-9(12(15)19)20-5-11(17)18/h1-3,9H,4-5H2,(H,17,18)/p-1/t9-/m0/s1. The predicted molar refractivity (Wildman–Crippen MR) is 74.8 cm³/mol. The highest BCUT2D eigenvalue weighted by molar-refractivity contribution is 8.01. The van der Waals surface area contributed by atoms with Gasteiger partial charge in [-0.2, -0.15) is 0 Å². The summed E-state index contributed by atoms with van der Waals surface area (Å²) in [6.45, 7) is 0. The molecule has 0 unspecified atom stereocenters. The Balaban J connectivity index is 2.20. The van der Waals surface area contributed by atoms with Gasteiger partial charge < -0.3 is 9.90 Å². The molecule has 1 fully saturated rings. The van der Waals surface area contributed by atoms with Crippen LogP contribution in [0.15, 0.2) is 18.2 Å². The van der Waals surface area contributed by atoms with Gasteiger partial charge in [-0.05, 0) is 18.2 Å². The lowest BCUT2D eigenvalue weighted by Crippen LogP contribution is -2.32. The van der Waals surface area contributed by atoms with Crippen molar-refractivity contribution in [3.8, 4) is 0 Å². The Morgan fingerprint density at radius 1 is 1.35 bits per heavy atom. The number of amides is 2. The lowest BCUT2D eigenvalue weighted by atomic mass is 10.3. The molecule has 1 aliphatic rings. The van der Waals surface area contributed by atoms with Gasteiger partial charge in [0, 0.05) is 12.2 Å². The number of benzene rings is 1. The van der Waals surface area contributed by atoms with Crippen LogP contribution in [-0.2, 0) is 14.4 Å². The van der Waals surface area contributed by atoms with Crippen molar-refractivity contribution in [1.29, 1.82) is 0 Å². The summed E-state index contributed by atoms with van der Waals surface area (Å²) < 4.78 is 0. The van der Waals surface area contributed by atoms with E-state index in [1.165, 1.54) is 18.2 Å². The molecule has 2 rings (SSSR count). The zero-order valence-electron chi connectivity index (χ0n) is 9.97. The highest BCUT2D eigenvalue weighted by Gasteiger charge is 2.39. The highest BCUT2D eigenvalue weighted by atomic mass is 35.5. The second-order valence-corrected chi connectivity index (χ2v) is 6.05. The van der Waals surface area contributed by atoms with E-state index < -0.39 is 23.0 Å². The van der Waals surface area contributed by atoms with E-state index in [4.69, 9.17) is 23.2 Å². The van der Waals surface area contributed by atoms with Crippen molar-refractivity contribution < 1.29 is 19.5 Å². The van der Waals surface area contributed by atoms with E-state index in [9.17, 15) is 19.5 Å². The number of carbonyl (C=O) groups excluding carboxylic acids is 3. The number of halogens is 2. The third-order valence-corrected chi connectivity index (χ3v) is 4.58. The molecule has 1 heterocycles. The number of aliphatic carboxylic acids is 1. The summed E-state index contributed by atoms with van der Waals surface area (Å²) in [5, 5.41) is 10.2. The number of hydrogen-bond acceptors (Lipinski definition) is 5. The second kappa shape index (κ2) is 6.03. The van der Waals surface area contributed by atoms with Gasteiger partial charge in [0.2, 0.25) is 11.8 Å². The van der Waals surface area contributed by atoms with Gasteiger partial charge in [-0.15, -0.1) is 11.8 Å². The minimum Gasteiger partial charge on any atom is -0.549 e. The van der Waals surface area contributed by atoms with Crippen molar-refractivity contribution in [2.45, 2.75) is 11.7 Å². The summed E-state index contributed by atoms with van der Waals surface area (Å²) in [6.07, 6.45) is -0.0446. The molecule has 1 aromatic rings. The van der Waals surface area contributed by atoms with Gasteiger partial charge in [0.25, 0.3) is 0 Å². The van der Waals surface area contributed by atoms with Gasteiger partial charge in [0.1, 0.15) is 0 Å². The zero-order chi connectivity index (χ0) is 14.9. The number of carboxylic acids is 1. The SMILES string of the molecule is O=C([O-])CS[C@H]1CC(=O)N(c2ccc(Cl)c(Cl)c2)C1=O. The molecule has 0 spiro atoms. The van der Waals surface area contributed by atoms with Crippen molar-refractivity contribution in [2.75, 3.05) is 10.7 Å². The molecule has 0 aromatic heterocycles. The van der Waals surface area contributed by atoms with Gasteiger partial charge in [-0.3, -0.25) is 9.59 Å². The van der Waals surface area contributed by atoms with Gasteiger partial charge >= 0.3 is 0 Å². The maximum absolute atomic E-state index is 12.1. The van der Waals surface area contributed by atoms with E-state index in [1.807, 2.05) is 0 Å². The first-order valence-electron chi connectivity index (χ1n) is 5.53. The molecule has 1 aromatic carbocycles. The lowest BCUT2D eigenvalue weighted by molar-refractivity contribution is -0.301. The Bertz CT molecular complexity index is 593. The minimum absolute atomic E-state index is 0.0446. The second-order valence-electron chi connectivity index (χ2n) is 4.04. The molecule has 1 aliphatic heterocycles. The van der Waals surface area contributed by atoms with Crippen molar-refractivity contribution in [3.63, 3.8) is 0 Å². The smallest absolute Gasteiger partial charge is 0.247 e. The number of thioether (sulfide) groups is 1. The molecular weight excluding hydrogens is 325 g/mol. The van der Waals surface area contributed by atoms with Crippen LogP contribution in [0.3, 0.4) is 0 Å². The third kappa shape index (κ3) is 3.08. The molecule has 1 saturated heterocycles. The monoisotopic (exact) mass is 332 g/mol. The summed E-state index contributed by atoms with van der Waals surface area (Å²) >= 11 is 12.5. The number of hydrogen-bond donors (Lipinski definition) is 0. The minimum atomic E-state index is -1.27. The summed E-state index contributed by atoms with van der Waals surface area (Å²) in [7, 11) is 0. The largest absolute Gasteiger partial charge is 0.549 e. The van der Waals surface area contributed by atoms with E-state index >= 15 is 0 Å². The predicted octanol–water partition coefficient (Wildman–Crippen LogP) is 1.11. The van der Waals surface area contributed by atoms with E-state index in [2.05, 4.69) is 0 Å². The molecule has 0 aliphatic carbocycles. The number of anilines is 1. The Hall–Kier alpha value is -1.24. The molecule has 8 heteroatoms. The van der Waals surface area contributed by atoms with Crippen LogP contribution in [0, 0.1) is 0 Å². The Morgan fingerprint density at radius 2 is 2.05 bits per heavy atom. The number of rotatable bonds is 4. The van der Waals surface area contributed by atoms with Gasteiger partial charge in [0.15, 0.2) is 0 Å². The Kier molecular flexibility index (Phi) is 4.57. The van der Waals surface area contributed by atoms with Crippen molar-refractivity contribution >= 4 is 58.4 Å². The van der Waals surface area contributed by atoms with E-state index in [0.29, 0.717) is 10.7 Å². The first-order chi connectivity index (χ1) is 9.40. The van der Waals surface area contributed by atoms with Crippen molar-refractivity contribution in [3.05, 3.63) is 28.2 Å². The van der Waals surface area contributed by atoms with Crippen LogP contribution in [0.4, 0.5) is 5.69 Å². The van der Waals surface area contributed by atoms with Crippen LogP contribution in [0.2, 0.25) is 10.0 Å². The first kappa shape index (κ1) is 15.2. The average molecular weight is 333 g/mol. The number of carboxylic acid groups (broad SMARTS) is 1. The van der Waals surface area contributed by atoms with Crippen molar-refractivity contribution in [2.24, 2.45) is 0 Å². The summed E-state index contributed by atoms with van der Waals surface area (Å²) in [6, 6.07) is 4.42. The first-order valence-corrected chi connectivity index (χ1v) is 7.34. The highest BCUT2D eigenvalue weighted by Crippen LogP contribution is 2.33. The molecule has 2 amide bonds. The molecule has 0 N–H and O–H groups in total. The number of carbonyl (C=O) groups is 3. The topological polar surface area (TPSA) is 77.5 Å². The lowest BCUT2D eigenvalue weighted by Gasteiger charge is -2.15. The summed E-state index contributed by atoms with van der Waals surface area (Å²) in [4.78, 5) is 35.4. The van der Waals surface area contributed by atoms with Crippen LogP contribution in [0.1, 0.15) is 6.42 Å². The normalized spacial score (nSPS) is 18.7. The molecule has 0 bridgehead atoms. The maximum Gasteiger partial charge on any atom is 0.247 e. The van der Waals surface area contributed by atoms with Crippen LogP contribution in [0.5, 0.6) is 0 Å². The molecule has 106 valence electrons. The summed E-state index contributed by atoms with van der Waals surface area (Å²) in [5.74, 6) is -2.47. The quantitative estimate of drug-likeness (QED) is 0.772. The number of nitrogens with zero attached hydrogens (tertiary/aromatic N) is 1. The fourth-order valence-corrected chi connectivity index (χ4v) is 2.94. The Labute approximate surface area is 128 Å². The van der Waals surface area contributed by atoms with E-state index in [-0.39, 0.29) is 17.2 Å². The molecule has 5 nitrogen and oxygen atoms in total. The number of imide groups is 1. The van der Waals surface area contributed by atoms with Crippen LogP contribution in [-0.4, -0.2) is 28.8 Å². The maximum atomic E-state index is 12.1.